The maximum Gasteiger partial charge on any atom is 0.240 e. The summed E-state index contributed by atoms with van der Waals surface area (Å²) in [6, 6.07) is 1.90. The summed E-state index contributed by atoms with van der Waals surface area (Å²) >= 11 is 1.42. The summed E-state index contributed by atoms with van der Waals surface area (Å²) in [6.45, 7) is 5.79. The molecule has 1 atom stereocenters. The standard InChI is InChI=1S/C19H22N6O2S/c1-12-8-16(27-24-12)15-9-21-13(2)22-18(15)14-4-3-6-25(10-14)11-17(26)23-19-20-5-7-28-19/h5,7-9,14H,3-4,6,10-11H2,1-2H3,(H,20,23,26). The number of rotatable bonds is 5. The van der Waals surface area contributed by atoms with Crippen LogP contribution in [0.5, 0.6) is 0 Å². The zero-order valence-corrected chi connectivity index (χ0v) is 16.7. The number of carbonyl (C=O) groups excluding carboxylic acids is 1. The summed E-state index contributed by atoms with van der Waals surface area (Å²) in [6.07, 6.45) is 5.52. The molecule has 1 aliphatic rings. The highest BCUT2D eigenvalue weighted by Gasteiger charge is 2.27. The van der Waals surface area contributed by atoms with Gasteiger partial charge in [-0.15, -0.1) is 11.3 Å². The smallest absolute Gasteiger partial charge is 0.240 e. The predicted octanol–water partition coefficient (Wildman–Crippen LogP) is 3.02. The largest absolute Gasteiger partial charge is 0.356 e. The van der Waals surface area contributed by atoms with Gasteiger partial charge < -0.3 is 9.84 Å². The maximum atomic E-state index is 12.3. The van der Waals surface area contributed by atoms with Gasteiger partial charge in [-0.1, -0.05) is 5.16 Å². The Labute approximate surface area is 167 Å². The molecule has 0 bridgehead atoms. The third-order valence-electron chi connectivity index (χ3n) is 4.77. The highest BCUT2D eigenvalue weighted by Crippen LogP contribution is 2.33. The number of likely N-dealkylation sites (tertiary alicyclic amines) is 1. The van der Waals surface area contributed by atoms with Crippen LogP contribution in [0.15, 0.2) is 28.4 Å². The fourth-order valence-corrected chi connectivity index (χ4v) is 4.09. The fraction of sp³-hybridized carbons (Fsp3) is 0.421. The van der Waals surface area contributed by atoms with Crippen LogP contribution >= 0.6 is 11.3 Å². The van der Waals surface area contributed by atoms with Crippen molar-refractivity contribution in [2.75, 3.05) is 25.0 Å². The Kier molecular flexibility index (Phi) is 5.45. The van der Waals surface area contributed by atoms with Crippen molar-refractivity contribution in [3.8, 4) is 11.3 Å². The summed E-state index contributed by atoms with van der Waals surface area (Å²) in [5.74, 6) is 1.59. The van der Waals surface area contributed by atoms with Crippen LogP contribution < -0.4 is 5.32 Å². The quantitative estimate of drug-likeness (QED) is 0.705. The third-order valence-corrected chi connectivity index (χ3v) is 5.46. The number of carbonyl (C=O) groups is 1. The van der Waals surface area contributed by atoms with E-state index in [0.29, 0.717) is 17.4 Å². The molecule has 0 saturated carbocycles. The van der Waals surface area contributed by atoms with Crippen molar-refractivity contribution in [1.29, 1.82) is 0 Å². The van der Waals surface area contributed by atoms with E-state index in [9.17, 15) is 4.79 Å². The first-order valence-corrected chi connectivity index (χ1v) is 10.2. The summed E-state index contributed by atoms with van der Waals surface area (Å²) in [4.78, 5) is 27.7. The number of piperidine rings is 1. The number of aryl methyl sites for hydroxylation is 2. The van der Waals surface area contributed by atoms with Crippen molar-refractivity contribution in [2.24, 2.45) is 0 Å². The van der Waals surface area contributed by atoms with Crippen molar-refractivity contribution in [1.82, 2.24) is 25.0 Å². The number of hydrogen-bond acceptors (Lipinski definition) is 8. The van der Waals surface area contributed by atoms with Gasteiger partial charge in [0.2, 0.25) is 5.91 Å². The highest BCUT2D eigenvalue weighted by atomic mass is 32.1. The maximum absolute atomic E-state index is 12.3. The van der Waals surface area contributed by atoms with E-state index >= 15 is 0 Å². The first kappa shape index (κ1) is 18.7. The molecule has 0 radical (unpaired) electrons. The summed E-state index contributed by atoms with van der Waals surface area (Å²) in [5.41, 5.74) is 2.67. The lowest BCUT2D eigenvalue weighted by Crippen LogP contribution is -2.40. The van der Waals surface area contributed by atoms with E-state index < -0.39 is 0 Å². The summed E-state index contributed by atoms with van der Waals surface area (Å²) in [5, 5.41) is 9.32. The van der Waals surface area contributed by atoms with E-state index in [-0.39, 0.29) is 11.8 Å². The van der Waals surface area contributed by atoms with E-state index in [1.54, 1.807) is 6.20 Å². The second-order valence-electron chi connectivity index (χ2n) is 7.01. The van der Waals surface area contributed by atoms with Crippen LogP contribution in [0.2, 0.25) is 0 Å². The van der Waals surface area contributed by atoms with Crippen LogP contribution in [0, 0.1) is 13.8 Å². The van der Waals surface area contributed by atoms with Gasteiger partial charge in [0, 0.05) is 36.3 Å². The molecule has 4 rings (SSSR count). The molecule has 4 heterocycles. The van der Waals surface area contributed by atoms with E-state index in [2.05, 4.69) is 25.3 Å². The number of nitrogens with zero attached hydrogens (tertiary/aromatic N) is 5. The Morgan fingerprint density at radius 3 is 3.04 bits per heavy atom. The Morgan fingerprint density at radius 1 is 1.39 bits per heavy atom. The first-order valence-electron chi connectivity index (χ1n) is 9.27. The molecule has 1 fully saturated rings. The molecular formula is C19H22N6O2S. The van der Waals surface area contributed by atoms with Crippen molar-refractivity contribution < 1.29 is 9.32 Å². The van der Waals surface area contributed by atoms with Crippen LogP contribution in [0.25, 0.3) is 11.3 Å². The zero-order chi connectivity index (χ0) is 19.5. The Morgan fingerprint density at radius 2 is 2.29 bits per heavy atom. The van der Waals surface area contributed by atoms with Gasteiger partial charge in [0.1, 0.15) is 5.82 Å². The number of amides is 1. The number of aromatic nitrogens is 4. The van der Waals surface area contributed by atoms with Crippen molar-refractivity contribution >= 4 is 22.4 Å². The second-order valence-corrected chi connectivity index (χ2v) is 7.90. The summed E-state index contributed by atoms with van der Waals surface area (Å²) in [7, 11) is 0. The molecule has 1 unspecified atom stereocenters. The molecule has 1 saturated heterocycles. The van der Waals surface area contributed by atoms with E-state index in [4.69, 9.17) is 9.51 Å². The molecule has 1 N–H and O–H groups in total. The molecule has 146 valence electrons. The normalized spacial score (nSPS) is 17.6. The van der Waals surface area contributed by atoms with Crippen LogP contribution in [-0.4, -0.2) is 50.5 Å². The summed E-state index contributed by atoms with van der Waals surface area (Å²) < 4.78 is 5.46. The number of anilines is 1. The van der Waals surface area contributed by atoms with Gasteiger partial charge in [-0.25, -0.2) is 15.0 Å². The average molecular weight is 398 g/mol. The number of hydrogen-bond donors (Lipinski definition) is 1. The first-order chi connectivity index (χ1) is 13.6. The van der Waals surface area contributed by atoms with Gasteiger partial charge >= 0.3 is 0 Å². The minimum absolute atomic E-state index is 0.0412. The highest BCUT2D eigenvalue weighted by molar-refractivity contribution is 7.13. The molecule has 8 nitrogen and oxygen atoms in total. The molecule has 9 heteroatoms. The minimum Gasteiger partial charge on any atom is -0.356 e. The second kappa shape index (κ2) is 8.15. The molecule has 1 aliphatic heterocycles. The topological polar surface area (TPSA) is 97.0 Å². The lowest BCUT2D eigenvalue weighted by molar-refractivity contribution is -0.117. The number of thiazole rings is 1. The molecule has 3 aromatic rings. The van der Waals surface area contributed by atoms with Crippen molar-refractivity contribution in [3.63, 3.8) is 0 Å². The van der Waals surface area contributed by atoms with Crippen LogP contribution in [0.3, 0.4) is 0 Å². The van der Waals surface area contributed by atoms with Gasteiger partial charge in [0.15, 0.2) is 10.9 Å². The third kappa shape index (κ3) is 4.26. The Balaban J connectivity index is 1.50. The molecule has 28 heavy (non-hydrogen) atoms. The molecule has 0 spiro atoms. The molecule has 0 aliphatic carbocycles. The van der Waals surface area contributed by atoms with Crippen molar-refractivity contribution in [2.45, 2.75) is 32.6 Å². The van der Waals surface area contributed by atoms with Gasteiger partial charge in [-0.2, -0.15) is 0 Å². The molecular weight excluding hydrogens is 376 g/mol. The van der Waals surface area contributed by atoms with Gasteiger partial charge in [0.05, 0.1) is 23.5 Å². The monoisotopic (exact) mass is 398 g/mol. The SMILES string of the molecule is Cc1cc(-c2cnc(C)nc2C2CCCN(CC(=O)Nc3nccs3)C2)on1. The Hall–Kier alpha value is -2.65. The van der Waals surface area contributed by atoms with Gasteiger partial charge in [-0.3, -0.25) is 9.69 Å². The van der Waals surface area contributed by atoms with Crippen molar-refractivity contribution in [3.05, 3.63) is 41.1 Å². The van der Waals surface area contributed by atoms with Crippen LogP contribution in [0.4, 0.5) is 5.13 Å². The lowest BCUT2D eigenvalue weighted by atomic mass is 9.91. The molecule has 3 aromatic heterocycles. The minimum atomic E-state index is -0.0412. The zero-order valence-electron chi connectivity index (χ0n) is 15.9. The van der Waals surface area contributed by atoms with Gasteiger partial charge in [0.25, 0.3) is 0 Å². The van der Waals surface area contributed by atoms with Crippen LogP contribution in [-0.2, 0) is 4.79 Å². The average Bonchev–Trinajstić information content (AvgIpc) is 3.33. The predicted molar refractivity (Wildman–Crippen MR) is 106 cm³/mol. The van der Waals surface area contributed by atoms with Gasteiger partial charge in [-0.05, 0) is 33.2 Å². The molecule has 1 amide bonds. The van der Waals surface area contributed by atoms with E-state index in [0.717, 1.165) is 48.7 Å². The lowest BCUT2D eigenvalue weighted by Gasteiger charge is -2.32. The van der Waals surface area contributed by atoms with E-state index in [1.165, 1.54) is 11.3 Å². The van der Waals surface area contributed by atoms with E-state index in [1.807, 2.05) is 31.5 Å². The van der Waals surface area contributed by atoms with Crippen LogP contribution in [0.1, 0.15) is 36.0 Å². The number of nitrogens with one attached hydrogen (secondary N) is 1. The fourth-order valence-electron chi connectivity index (χ4n) is 3.55. The Bertz CT molecular complexity index is 955. The molecule has 0 aromatic carbocycles.